The number of allylic oxidation sites excluding steroid dienone is 2. The van der Waals surface area contributed by atoms with E-state index in [9.17, 15) is 14.7 Å². The summed E-state index contributed by atoms with van der Waals surface area (Å²) >= 11 is 0. The Balaban J connectivity index is 3.46. The van der Waals surface area contributed by atoms with Crippen molar-refractivity contribution < 1.29 is 24.2 Å². The van der Waals surface area contributed by atoms with E-state index >= 15 is 0 Å². The number of esters is 2. The number of unbranched alkanes of at least 4 members (excludes halogenated alkanes) is 33. The Hall–Kier alpha value is -1.36. The van der Waals surface area contributed by atoms with Gasteiger partial charge in [0.15, 0.2) is 6.10 Å². The van der Waals surface area contributed by atoms with Gasteiger partial charge in [0.05, 0.1) is 6.61 Å². The van der Waals surface area contributed by atoms with E-state index in [0.717, 1.165) is 38.5 Å². The zero-order valence-corrected chi connectivity index (χ0v) is 35.1. The number of hydrogen-bond acceptors (Lipinski definition) is 5. The molecule has 0 aromatic carbocycles. The van der Waals surface area contributed by atoms with Crippen LogP contribution in [0.4, 0.5) is 0 Å². The molecule has 0 aromatic heterocycles. The number of aliphatic hydroxyl groups is 1. The van der Waals surface area contributed by atoms with Crippen LogP contribution in [-0.2, 0) is 19.1 Å². The van der Waals surface area contributed by atoms with E-state index in [2.05, 4.69) is 26.0 Å². The summed E-state index contributed by atoms with van der Waals surface area (Å²) in [5.41, 5.74) is 0. The fourth-order valence-electron chi connectivity index (χ4n) is 7.02. The number of hydrogen-bond donors (Lipinski definition) is 1. The van der Waals surface area contributed by atoms with Crippen molar-refractivity contribution in [1.29, 1.82) is 0 Å². The van der Waals surface area contributed by atoms with Gasteiger partial charge in [0.2, 0.25) is 0 Å². The molecular weight excluding hydrogens is 645 g/mol. The molecule has 1 unspecified atom stereocenters. The summed E-state index contributed by atoms with van der Waals surface area (Å²) < 4.78 is 10.7. The maximum Gasteiger partial charge on any atom is 0.306 e. The predicted molar refractivity (Wildman–Crippen MR) is 224 cm³/mol. The molecule has 0 aliphatic rings. The molecule has 52 heavy (non-hydrogen) atoms. The smallest absolute Gasteiger partial charge is 0.306 e. The monoisotopic (exact) mass is 735 g/mol. The van der Waals surface area contributed by atoms with Crippen LogP contribution >= 0.6 is 0 Å². The lowest BCUT2D eigenvalue weighted by Crippen LogP contribution is -2.28. The fraction of sp³-hybridized carbons (Fsp3) is 0.915. The van der Waals surface area contributed by atoms with E-state index < -0.39 is 6.10 Å². The third-order valence-corrected chi connectivity index (χ3v) is 10.6. The number of ether oxygens (including phenoxy) is 2. The first kappa shape index (κ1) is 50.6. The van der Waals surface area contributed by atoms with Gasteiger partial charge in [0, 0.05) is 12.8 Å². The number of rotatable bonds is 43. The molecule has 0 spiro atoms. The van der Waals surface area contributed by atoms with Crippen LogP contribution in [-0.4, -0.2) is 36.4 Å². The third-order valence-electron chi connectivity index (χ3n) is 10.6. The van der Waals surface area contributed by atoms with Gasteiger partial charge in [-0.3, -0.25) is 9.59 Å². The van der Waals surface area contributed by atoms with Crippen LogP contribution in [0.25, 0.3) is 0 Å². The van der Waals surface area contributed by atoms with E-state index in [4.69, 9.17) is 9.47 Å². The Labute approximate surface area is 324 Å². The average molecular weight is 735 g/mol. The SMILES string of the molecule is CCCCCCCCC=CCCCCCCCCCCCCCC(=O)OCC(CO)OC(=O)CCCCCCCCCCCCCCCCCCC. The van der Waals surface area contributed by atoms with Gasteiger partial charge in [-0.2, -0.15) is 0 Å². The Morgan fingerprint density at radius 2 is 0.712 bits per heavy atom. The number of carbonyl (C=O) groups is 2. The Kier molecular flexibility index (Phi) is 42.9. The van der Waals surface area contributed by atoms with Crippen molar-refractivity contribution in [2.24, 2.45) is 0 Å². The molecule has 0 aliphatic heterocycles. The van der Waals surface area contributed by atoms with Gasteiger partial charge in [-0.05, 0) is 38.5 Å². The molecule has 0 heterocycles. The van der Waals surface area contributed by atoms with Crippen LogP contribution < -0.4 is 0 Å². The van der Waals surface area contributed by atoms with E-state index in [1.54, 1.807) is 0 Å². The largest absolute Gasteiger partial charge is 0.462 e. The minimum absolute atomic E-state index is 0.0594. The van der Waals surface area contributed by atoms with Crippen LogP contribution in [0.1, 0.15) is 258 Å². The van der Waals surface area contributed by atoms with Gasteiger partial charge in [0.1, 0.15) is 6.61 Å². The van der Waals surface area contributed by atoms with Gasteiger partial charge in [0.25, 0.3) is 0 Å². The Morgan fingerprint density at radius 3 is 1.04 bits per heavy atom. The number of aliphatic hydroxyl groups excluding tert-OH is 1. The van der Waals surface area contributed by atoms with Gasteiger partial charge in [-0.1, -0.05) is 219 Å². The lowest BCUT2D eigenvalue weighted by Gasteiger charge is -2.15. The molecule has 0 bridgehead atoms. The van der Waals surface area contributed by atoms with Crippen molar-refractivity contribution in [3.63, 3.8) is 0 Å². The van der Waals surface area contributed by atoms with Crippen molar-refractivity contribution in [3.8, 4) is 0 Å². The molecular formula is C47H90O5. The second-order valence-corrected chi connectivity index (χ2v) is 15.8. The van der Waals surface area contributed by atoms with Gasteiger partial charge < -0.3 is 14.6 Å². The molecule has 5 nitrogen and oxygen atoms in total. The average Bonchev–Trinajstić information content (AvgIpc) is 3.15. The highest BCUT2D eigenvalue weighted by Gasteiger charge is 2.16. The summed E-state index contributed by atoms with van der Waals surface area (Å²) in [6.45, 7) is 4.17. The standard InChI is InChI=1S/C47H90O5/c1-3-5-7-9-11-13-15-17-19-21-22-23-24-26-27-29-31-33-35-37-39-41-46(49)51-44-45(43-48)52-47(50)42-40-38-36-34-32-30-28-25-20-18-16-14-12-10-8-6-4-2/h17,19,45,48H,3-16,18,20-44H2,1-2H3. The first-order valence-electron chi connectivity index (χ1n) is 23.2. The second kappa shape index (κ2) is 44.0. The molecule has 5 heteroatoms. The highest BCUT2D eigenvalue weighted by Crippen LogP contribution is 2.16. The molecule has 1 atom stereocenters. The molecule has 0 amide bonds. The first-order valence-corrected chi connectivity index (χ1v) is 23.2. The van der Waals surface area contributed by atoms with E-state index in [1.165, 1.54) is 193 Å². The van der Waals surface area contributed by atoms with Gasteiger partial charge >= 0.3 is 11.9 Å². The molecule has 0 saturated carbocycles. The molecule has 0 saturated heterocycles. The molecule has 0 radical (unpaired) electrons. The van der Waals surface area contributed by atoms with E-state index in [-0.39, 0.29) is 25.2 Å². The maximum absolute atomic E-state index is 12.2. The van der Waals surface area contributed by atoms with Crippen molar-refractivity contribution in [3.05, 3.63) is 12.2 Å². The third kappa shape index (κ3) is 41.4. The quantitative estimate of drug-likeness (QED) is 0.0383. The highest BCUT2D eigenvalue weighted by molar-refractivity contribution is 5.70. The van der Waals surface area contributed by atoms with Crippen molar-refractivity contribution in [2.75, 3.05) is 13.2 Å². The van der Waals surface area contributed by atoms with Crippen LogP contribution in [0.5, 0.6) is 0 Å². The normalized spacial score (nSPS) is 12.1. The number of carbonyl (C=O) groups excluding carboxylic acids is 2. The molecule has 0 fully saturated rings. The van der Waals surface area contributed by atoms with E-state index in [0.29, 0.717) is 12.8 Å². The van der Waals surface area contributed by atoms with Gasteiger partial charge in [-0.15, -0.1) is 0 Å². The minimum Gasteiger partial charge on any atom is -0.462 e. The molecule has 0 aliphatic carbocycles. The van der Waals surface area contributed by atoms with Gasteiger partial charge in [-0.25, -0.2) is 0 Å². The summed E-state index contributed by atoms with van der Waals surface area (Å²) in [5, 5.41) is 9.59. The highest BCUT2D eigenvalue weighted by atomic mass is 16.6. The summed E-state index contributed by atoms with van der Waals surface area (Å²) in [4.78, 5) is 24.4. The summed E-state index contributed by atoms with van der Waals surface area (Å²) in [6, 6.07) is 0. The van der Waals surface area contributed by atoms with Crippen LogP contribution in [0, 0.1) is 0 Å². The molecule has 0 aromatic rings. The minimum atomic E-state index is -0.765. The van der Waals surface area contributed by atoms with Crippen molar-refractivity contribution in [1.82, 2.24) is 0 Å². The second-order valence-electron chi connectivity index (χ2n) is 15.8. The first-order chi connectivity index (χ1) is 25.6. The summed E-state index contributed by atoms with van der Waals surface area (Å²) in [5.74, 6) is -0.575. The fourth-order valence-corrected chi connectivity index (χ4v) is 7.02. The Bertz CT molecular complexity index is 750. The zero-order valence-electron chi connectivity index (χ0n) is 35.1. The summed E-state index contributed by atoms with van der Waals surface area (Å²) in [7, 11) is 0. The Morgan fingerprint density at radius 1 is 0.423 bits per heavy atom. The maximum atomic E-state index is 12.2. The molecule has 308 valence electrons. The molecule has 1 N–H and O–H groups in total. The van der Waals surface area contributed by atoms with Crippen LogP contribution in [0.15, 0.2) is 12.2 Å². The van der Waals surface area contributed by atoms with E-state index in [1.807, 2.05) is 0 Å². The topological polar surface area (TPSA) is 72.8 Å². The predicted octanol–water partition coefficient (Wildman–Crippen LogP) is 14.9. The van der Waals surface area contributed by atoms with Crippen LogP contribution in [0.2, 0.25) is 0 Å². The van der Waals surface area contributed by atoms with Crippen LogP contribution in [0.3, 0.4) is 0 Å². The van der Waals surface area contributed by atoms with Crippen molar-refractivity contribution >= 4 is 11.9 Å². The zero-order chi connectivity index (χ0) is 37.8. The van der Waals surface area contributed by atoms with Crippen molar-refractivity contribution in [2.45, 2.75) is 264 Å². The summed E-state index contributed by atoms with van der Waals surface area (Å²) in [6.07, 6.45) is 51.5. The lowest BCUT2D eigenvalue weighted by molar-refractivity contribution is -0.161. The molecule has 0 rings (SSSR count). The lowest BCUT2D eigenvalue weighted by atomic mass is 10.0.